The maximum absolute atomic E-state index is 13.4. The van der Waals surface area contributed by atoms with E-state index in [1.807, 2.05) is 13.8 Å². The summed E-state index contributed by atoms with van der Waals surface area (Å²) in [6.07, 6.45) is 0. The summed E-state index contributed by atoms with van der Waals surface area (Å²) >= 11 is 1.17. The van der Waals surface area contributed by atoms with Gasteiger partial charge in [0.25, 0.3) is 11.5 Å². The topological polar surface area (TPSA) is 76.9 Å². The van der Waals surface area contributed by atoms with Gasteiger partial charge in [0.1, 0.15) is 5.82 Å². The van der Waals surface area contributed by atoms with Crippen molar-refractivity contribution in [2.75, 3.05) is 5.32 Å². The third-order valence-corrected chi connectivity index (χ3v) is 5.04. The fourth-order valence-electron chi connectivity index (χ4n) is 2.83. The number of thiazole rings is 1. The second kappa shape index (κ2) is 6.55. The van der Waals surface area contributed by atoms with E-state index >= 15 is 0 Å². The molecule has 0 atom stereocenters. The normalized spacial score (nSPS) is 11.4. The molecule has 1 N–H and O–H groups in total. The Bertz CT molecular complexity index is 1250. The smallest absolute Gasteiger partial charge is 0.278 e. The molecule has 0 radical (unpaired) electrons. The first kappa shape index (κ1) is 17.3. The maximum atomic E-state index is 13.4. The number of rotatable bonds is 3. The van der Waals surface area contributed by atoms with E-state index in [1.54, 1.807) is 30.3 Å². The number of nitrogens with one attached hydrogen (secondary N) is 1. The first-order chi connectivity index (χ1) is 12.9. The Hall–Kier alpha value is -3.13. The summed E-state index contributed by atoms with van der Waals surface area (Å²) in [6, 6.07) is 10.9. The van der Waals surface area contributed by atoms with Gasteiger partial charge in [0.15, 0.2) is 10.8 Å². The summed E-state index contributed by atoms with van der Waals surface area (Å²) in [5.74, 6) is -0.833. The lowest BCUT2D eigenvalue weighted by Crippen LogP contribution is -2.28. The fourth-order valence-corrected chi connectivity index (χ4v) is 3.72. The summed E-state index contributed by atoms with van der Waals surface area (Å²) in [7, 11) is 0. The first-order valence-corrected chi connectivity index (χ1v) is 9.14. The number of carbonyl (C=O) groups excluding carboxylic acids is 1. The van der Waals surface area contributed by atoms with Crippen LogP contribution in [0.2, 0.25) is 0 Å². The van der Waals surface area contributed by atoms with E-state index in [-0.39, 0.29) is 23.1 Å². The van der Waals surface area contributed by atoms with E-state index in [9.17, 15) is 14.0 Å². The number of aromatic nitrogens is 3. The molecule has 0 fully saturated rings. The van der Waals surface area contributed by atoms with Gasteiger partial charge in [-0.1, -0.05) is 29.5 Å². The molecule has 0 saturated heterocycles. The van der Waals surface area contributed by atoms with Gasteiger partial charge in [0.2, 0.25) is 0 Å². The summed E-state index contributed by atoms with van der Waals surface area (Å²) in [5.41, 5.74) is 0.499. The minimum Gasteiger partial charge on any atom is -0.296 e. The molecule has 0 saturated carbocycles. The van der Waals surface area contributed by atoms with Crippen LogP contribution in [0, 0.1) is 5.82 Å². The van der Waals surface area contributed by atoms with Crippen molar-refractivity contribution in [1.82, 2.24) is 14.8 Å². The van der Waals surface area contributed by atoms with E-state index in [4.69, 9.17) is 0 Å². The highest BCUT2D eigenvalue weighted by Crippen LogP contribution is 2.27. The van der Waals surface area contributed by atoms with Crippen LogP contribution in [-0.4, -0.2) is 20.7 Å². The molecule has 0 spiro atoms. The van der Waals surface area contributed by atoms with E-state index in [0.717, 1.165) is 0 Å². The summed E-state index contributed by atoms with van der Waals surface area (Å²) < 4.78 is 15.3. The Morgan fingerprint density at radius 1 is 1.19 bits per heavy atom. The van der Waals surface area contributed by atoms with Crippen LogP contribution in [0.25, 0.3) is 21.0 Å². The molecule has 0 aliphatic rings. The Morgan fingerprint density at radius 3 is 2.67 bits per heavy atom. The number of hydrogen-bond donors (Lipinski definition) is 1. The lowest BCUT2D eigenvalue weighted by molar-refractivity contribution is 0.102. The van der Waals surface area contributed by atoms with Crippen molar-refractivity contribution in [2.24, 2.45) is 0 Å². The van der Waals surface area contributed by atoms with Gasteiger partial charge < -0.3 is 0 Å². The molecular formula is C19H15FN4O2S. The number of carbonyl (C=O) groups is 1. The second-order valence-corrected chi connectivity index (χ2v) is 7.35. The van der Waals surface area contributed by atoms with Crippen LogP contribution >= 0.6 is 11.3 Å². The number of hydrogen-bond acceptors (Lipinski definition) is 5. The SMILES string of the molecule is CC(C)n1nc(C(=O)Nc2nc3ccc(F)cc3s2)c2ccccc2c1=O. The predicted molar refractivity (Wildman–Crippen MR) is 104 cm³/mol. The molecular weight excluding hydrogens is 367 g/mol. The molecule has 8 heteroatoms. The molecule has 2 heterocycles. The van der Waals surface area contributed by atoms with Crippen LogP contribution in [0.1, 0.15) is 30.4 Å². The predicted octanol–water partition coefficient (Wildman–Crippen LogP) is 3.98. The average Bonchev–Trinajstić information content (AvgIpc) is 3.03. The fraction of sp³-hybridized carbons (Fsp3) is 0.158. The molecule has 2 aromatic carbocycles. The zero-order valence-corrected chi connectivity index (χ0v) is 15.4. The van der Waals surface area contributed by atoms with Crippen LogP contribution in [0.15, 0.2) is 47.3 Å². The Kier molecular flexibility index (Phi) is 4.19. The van der Waals surface area contributed by atoms with Crippen molar-refractivity contribution in [3.63, 3.8) is 0 Å². The highest BCUT2D eigenvalue weighted by Gasteiger charge is 2.19. The van der Waals surface area contributed by atoms with Crippen LogP contribution in [0.3, 0.4) is 0 Å². The van der Waals surface area contributed by atoms with Gasteiger partial charge >= 0.3 is 0 Å². The molecule has 0 aliphatic heterocycles. The molecule has 2 aromatic heterocycles. The lowest BCUT2D eigenvalue weighted by Gasteiger charge is -2.12. The van der Waals surface area contributed by atoms with Crippen LogP contribution in [0.5, 0.6) is 0 Å². The maximum Gasteiger partial charge on any atom is 0.278 e. The van der Waals surface area contributed by atoms with Gasteiger partial charge in [-0.25, -0.2) is 14.1 Å². The number of anilines is 1. The molecule has 136 valence electrons. The van der Waals surface area contributed by atoms with E-state index in [2.05, 4.69) is 15.4 Å². The minimum atomic E-state index is -0.472. The number of nitrogens with zero attached hydrogens (tertiary/aromatic N) is 3. The van der Waals surface area contributed by atoms with Crippen molar-refractivity contribution in [3.05, 3.63) is 64.3 Å². The van der Waals surface area contributed by atoms with Crippen molar-refractivity contribution < 1.29 is 9.18 Å². The molecule has 1 amide bonds. The van der Waals surface area contributed by atoms with Gasteiger partial charge in [-0.15, -0.1) is 0 Å². The zero-order valence-electron chi connectivity index (χ0n) is 14.6. The van der Waals surface area contributed by atoms with Gasteiger partial charge in [0.05, 0.1) is 21.6 Å². The Morgan fingerprint density at radius 2 is 1.93 bits per heavy atom. The quantitative estimate of drug-likeness (QED) is 0.581. The molecule has 27 heavy (non-hydrogen) atoms. The van der Waals surface area contributed by atoms with Crippen molar-refractivity contribution in [1.29, 1.82) is 0 Å². The first-order valence-electron chi connectivity index (χ1n) is 8.33. The Labute approximate surface area is 157 Å². The van der Waals surface area contributed by atoms with E-state index < -0.39 is 5.91 Å². The van der Waals surface area contributed by atoms with Gasteiger partial charge in [-0.05, 0) is 38.1 Å². The van der Waals surface area contributed by atoms with Crippen LogP contribution < -0.4 is 10.9 Å². The highest BCUT2D eigenvalue weighted by molar-refractivity contribution is 7.22. The third kappa shape index (κ3) is 3.08. The lowest BCUT2D eigenvalue weighted by atomic mass is 10.1. The number of benzene rings is 2. The van der Waals surface area contributed by atoms with Crippen molar-refractivity contribution >= 4 is 43.4 Å². The van der Waals surface area contributed by atoms with Crippen molar-refractivity contribution in [3.8, 4) is 0 Å². The van der Waals surface area contributed by atoms with E-state index in [0.29, 0.717) is 26.1 Å². The van der Waals surface area contributed by atoms with Crippen LogP contribution in [0.4, 0.5) is 9.52 Å². The van der Waals surface area contributed by atoms with Gasteiger partial charge in [-0.3, -0.25) is 14.9 Å². The molecule has 0 bridgehead atoms. The molecule has 4 aromatic rings. The molecule has 0 aliphatic carbocycles. The second-order valence-electron chi connectivity index (χ2n) is 6.32. The largest absolute Gasteiger partial charge is 0.296 e. The van der Waals surface area contributed by atoms with Crippen molar-refractivity contribution in [2.45, 2.75) is 19.9 Å². The minimum absolute atomic E-state index is 0.143. The number of fused-ring (bicyclic) bond motifs is 2. The monoisotopic (exact) mass is 382 g/mol. The highest BCUT2D eigenvalue weighted by atomic mass is 32.1. The van der Waals surface area contributed by atoms with Gasteiger partial charge in [-0.2, -0.15) is 5.10 Å². The molecule has 0 unspecified atom stereocenters. The number of amides is 1. The number of halogens is 1. The zero-order chi connectivity index (χ0) is 19.1. The average molecular weight is 382 g/mol. The summed E-state index contributed by atoms with van der Waals surface area (Å²) in [6.45, 7) is 3.65. The summed E-state index contributed by atoms with van der Waals surface area (Å²) in [5, 5.41) is 8.23. The summed E-state index contributed by atoms with van der Waals surface area (Å²) in [4.78, 5) is 29.7. The van der Waals surface area contributed by atoms with Gasteiger partial charge in [0, 0.05) is 5.39 Å². The van der Waals surface area contributed by atoms with Crippen LogP contribution in [-0.2, 0) is 0 Å². The molecule has 6 nitrogen and oxygen atoms in total. The Balaban J connectivity index is 1.79. The standard InChI is InChI=1S/C19H15FN4O2S/c1-10(2)24-18(26)13-6-4-3-5-12(13)16(23-24)17(25)22-19-21-14-8-7-11(20)9-15(14)27-19/h3-10H,1-2H3,(H,21,22,25). The van der Waals surface area contributed by atoms with E-state index in [1.165, 1.54) is 28.2 Å². The molecule has 4 rings (SSSR count). The third-order valence-electron chi connectivity index (χ3n) is 4.10.